The molecule has 1 aliphatic heterocycles. The second-order valence-electron chi connectivity index (χ2n) is 7.38. The van der Waals surface area contributed by atoms with Gasteiger partial charge in [0.2, 0.25) is 0 Å². The maximum atomic E-state index is 12.4. The molecule has 168 valence electrons. The van der Waals surface area contributed by atoms with Gasteiger partial charge < -0.3 is 29.8 Å². The van der Waals surface area contributed by atoms with E-state index in [1.807, 2.05) is 6.07 Å². The lowest BCUT2D eigenvalue weighted by Crippen LogP contribution is -2.50. The number of imidazole rings is 1. The molecule has 1 aliphatic rings. The largest absolute Gasteiger partial charge is 0.446 e. The Kier molecular flexibility index (Phi) is 7.15. The third kappa shape index (κ3) is 5.91. The van der Waals surface area contributed by atoms with E-state index in [4.69, 9.17) is 39.5 Å². The molecule has 0 saturated carbocycles. The second-order valence-corrected chi connectivity index (χ2v) is 8.53. The van der Waals surface area contributed by atoms with Crippen LogP contribution in [0.15, 0.2) is 24.4 Å². The summed E-state index contributed by atoms with van der Waals surface area (Å²) >= 11 is 17.9. The van der Waals surface area contributed by atoms with Gasteiger partial charge in [-0.25, -0.2) is 4.79 Å². The number of anilines is 1. The monoisotopic (exact) mass is 491 g/mol. The summed E-state index contributed by atoms with van der Waals surface area (Å²) in [7, 11) is 0. The Morgan fingerprint density at radius 3 is 2.52 bits per heavy atom. The molecule has 0 unspecified atom stereocenters. The lowest BCUT2D eigenvalue weighted by atomic mass is 10.1. The molecule has 0 radical (unpaired) electrons. The van der Waals surface area contributed by atoms with Gasteiger partial charge in [-0.05, 0) is 46.6 Å². The van der Waals surface area contributed by atoms with Gasteiger partial charge in [0.05, 0.1) is 16.6 Å². The Labute approximate surface area is 193 Å². The average Bonchev–Trinajstić information content (AvgIpc) is 3.08. The van der Waals surface area contributed by atoms with Crippen LogP contribution in [-0.4, -0.2) is 69.0 Å². The SMILES string of the molecule is C[C@](O)(COC(=O)N1CCN(c2ccc(Cl)c(Cl)c2)CC1)Cn1cc([N+](=O)[O-])nc1Cl. The molecular formula is C18H20Cl3N5O5. The van der Waals surface area contributed by atoms with Crippen LogP contribution in [0.5, 0.6) is 0 Å². The summed E-state index contributed by atoms with van der Waals surface area (Å²) in [5.41, 5.74) is -0.591. The van der Waals surface area contributed by atoms with Gasteiger partial charge in [-0.2, -0.15) is 0 Å². The summed E-state index contributed by atoms with van der Waals surface area (Å²) in [6.45, 7) is 3.01. The minimum Gasteiger partial charge on any atom is -0.446 e. The zero-order chi connectivity index (χ0) is 22.8. The summed E-state index contributed by atoms with van der Waals surface area (Å²) in [6.07, 6.45) is 0.553. The number of hydrogen-bond acceptors (Lipinski definition) is 7. The Morgan fingerprint density at radius 2 is 1.94 bits per heavy atom. The van der Waals surface area contributed by atoms with E-state index in [2.05, 4.69) is 9.88 Å². The standard InChI is InChI=1S/C18H20Cl3N5O5/c1-18(28,10-25-9-15(26(29)30)22-16(25)21)11-31-17(27)24-6-4-23(5-7-24)12-2-3-13(19)14(20)8-12/h2-3,8-9,28H,4-7,10-11H2,1H3/t18-/m1/s1. The predicted molar refractivity (Wildman–Crippen MR) is 116 cm³/mol. The molecule has 1 saturated heterocycles. The number of aromatic nitrogens is 2. The van der Waals surface area contributed by atoms with Crippen LogP contribution < -0.4 is 4.90 Å². The molecule has 1 aromatic carbocycles. The van der Waals surface area contributed by atoms with Crippen LogP contribution in [0.4, 0.5) is 16.3 Å². The van der Waals surface area contributed by atoms with Crippen molar-refractivity contribution < 1.29 is 19.6 Å². The Bertz CT molecular complexity index is 975. The fraction of sp³-hybridized carbons (Fsp3) is 0.444. The maximum absolute atomic E-state index is 12.4. The van der Waals surface area contributed by atoms with Crippen LogP contribution in [0.3, 0.4) is 0 Å². The number of piperazine rings is 1. The number of aliphatic hydroxyl groups is 1. The van der Waals surface area contributed by atoms with Crippen molar-refractivity contribution in [1.29, 1.82) is 0 Å². The van der Waals surface area contributed by atoms with Crippen LogP contribution >= 0.6 is 34.8 Å². The van der Waals surface area contributed by atoms with E-state index in [1.54, 1.807) is 17.0 Å². The van der Waals surface area contributed by atoms with E-state index >= 15 is 0 Å². The van der Waals surface area contributed by atoms with Crippen molar-refractivity contribution >= 4 is 52.4 Å². The smallest absolute Gasteiger partial charge is 0.409 e. The zero-order valence-electron chi connectivity index (χ0n) is 16.5. The minimum absolute atomic E-state index is 0.134. The maximum Gasteiger partial charge on any atom is 0.409 e. The first-order valence-electron chi connectivity index (χ1n) is 9.27. The first-order chi connectivity index (χ1) is 14.6. The fourth-order valence-electron chi connectivity index (χ4n) is 3.13. The van der Waals surface area contributed by atoms with Crippen LogP contribution in [0.1, 0.15) is 6.92 Å². The first-order valence-corrected chi connectivity index (χ1v) is 10.4. The topological polar surface area (TPSA) is 114 Å². The molecule has 0 spiro atoms. The number of nitro groups is 1. The normalized spacial score (nSPS) is 16.2. The highest BCUT2D eigenvalue weighted by molar-refractivity contribution is 6.42. The van der Waals surface area contributed by atoms with Gasteiger partial charge >= 0.3 is 17.2 Å². The molecular weight excluding hydrogens is 473 g/mol. The summed E-state index contributed by atoms with van der Waals surface area (Å²) < 4.78 is 6.48. The third-order valence-corrected chi connectivity index (χ3v) is 5.77. The molecule has 1 fully saturated rings. The first kappa shape index (κ1) is 23.4. The van der Waals surface area contributed by atoms with Crippen LogP contribution in [0.25, 0.3) is 0 Å². The van der Waals surface area contributed by atoms with E-state index in [1.165, 1.54) is 11.5 Å². The highest BCUT2D eigenvalue weighted by atomic mass is 35.5. The molecule has 1 aromatic heterocycles. The van der Waals surface area contributed by atoms with E-state index < -0.39 is 22.4 Å². The van der Waals surface area contributed by atoms with E-state index in [0.29, 0.717) is 36.2 Å². The summed E-state index contributed by atoms with van der Waals surface area (Å²) in [6, 6.07) is 5.37. The number of rotatable bonds is 6. The molecule has 1 N–H and O–H groups in total. The highest BCUT2D eigenvalue weighted by Gasteiger charge is 2.29. The Hall–Kier alpha value is -2.27. The zero-order valence-corrected chi connectivity index (χ0v) is 18.8. The lowest BCUT2D eigenvalue weighted by Gasteiger charge is -2.36. The third-order valence-electron chi connectivity index (χ3n) is 4.73. The van der Waals surface area contributed by atoms with Gasteiger partial charge in [0.15, 0.2) is 0 Å². The van der Waals surface area contributed by atoms with E-state index in [0.717, 1.165) is 11.9 Å². The van der Waals surface area contributed by atoms with Crippen molar-refractivity contribution in [2.75, 3.05) is 37.7 Å². The second kappa shape index (κ2) is 9.47. The molecule has 2 aromatic rings. The van der Waals surface area contributed by atoms with E-state index in [-0.39, 0.29) is 18.4 Å². The molecule has 13 heteroatoms. The van der Waals surface area contributed by atoms with E-state index in [9.17, 15) is 20.0 Å². The molecule has 2 heterocycles. The fourth-order valence-corrected chi connectivity index (χ4v) is 3.62. The van der Waals surface area contributed by atoms with Gasteiger partial charge in [0, 0.05) is 31.9 Å². The summed E-state index contributed by atoms with van der Waals surface area (Å²) in [4.78, 5) is 29.7. The predicted octanol–water partition coefficient (Wildman–Crippen LogP) is 3.46. The number of halogens is 3. The van der Waals surface area contributed by atoms with Gasteiger partial charge in [-0.15, -0.1) is 0 Å². The van der Waals surface area contributed by atoms with Crippen molar-refractivity contribution in [3.63, 3.8) is 0 Å². The summed E-state index contributed by atoms with van der Waals surface area (Å²) in [5.74, 6) is -0.433. The quantitative estimate of drug-likeness (QED) is 0.485. The number of amides is 1. The average molecular weight is 493 g/mol. The van der Waals surface area contributed by atoms with Crippen molar-refractivity contribution in [2.45, 2.75) is 19.1 Å². The molecule has 0 bridgehead atoms. The molecule has 1 amide bonds. The van der Waals surface area contributed by atoms with Crippen LogP contribution in [0, 0.1) is 10.1 Å². The number of benzene rings is 1. The van der Waals surface area contributed by atoms with Crippen molar-refractivity contribution in [2.24, 2.45) is 0 Å². The molecule has 0 aliphatic carbocycles. The number of hydrogen-bond donors (Lipinski definition) is 1. The number of ether oxygens (including phenoxy) is 1. The van der Waals surface area contributed by atoms with Gasteiger partial charge in [0.1, 0.15) is 18.4 Å². The van der Waals surface area contributed by atoms with Gasteiger partial charge in [-0.1, -0.05) is 23.2 Å². The summed E-state index contributed by atoms with van der Waals surface area (Å²) in [5, 5.41) is 22.1. The molecule has 1 atom stereocenters. The number of carbonyl (C=O) groups is 1. The highest BCUT2D eigenvalue weighted by Crippen LogP contribution is 2.28. The van der Waals surface area contributed by atoms with Gasteiger partial charge in [0.25, 0.3) is 0 Å². The lowest BCUT2D eigenvalue weighted by molar-refractivity contribution is -0.389. The van der Waals surface area contributed by atoms with Crippen molar-refractivity contribution in [3.05, 3.63) is 49.8 Å². The van der Waals surface area contributed by atoms with Crippen molar-refractivity contribution in [3.8, 4) is 0 Å². The Morgan fingerprint density at radius 1 is 1.26 bits per heavy atom. The Balaban J connectivity index is 1.50. The van der Waals surface area contributed by atoms with Crippen molar-refractivity contribution in [1.82, 2.24) is 14.5 Å². The van der Waals surface area contributed by atoms with Gasteiger partial charge in [-0.3, -0.25) is 4.57 Å². The van der Waals surface area contributed by atoms with Crippen LogP contribution in [0.2, 0.25) is 15.3 Å². The van der Waals surface area contributed by atoms with Crippen LogP contribution in [-0.2, 0) is 11.3 Å². The number of nitrogens with zero attached hydrogens (tertiary/aromatic N) is 5. The molecule has 31 heavy (non-hydrogen) atoms. The number of carbonyl (C=O) groups excluding carboxylic acids is 1. The minimum atomic E-state index is -1.50. The molecule has 10 nitrogen and oxygen atoms in total. The molecule has 3 rings (SSSR count).